The molecule has 1 fully saturated rings. The molecule has 1 amide bonds. The molecule has 1 saturated carbocycles. The number of amides is 1. The first kappa shape index (κ1) is 30.5. The van der Waals surface area contributed by atoms with Crippen LogP contribution in [0.25, 0.3) is 22.1 Å². The van der Waals surface area contributed by atoms with Gasteiger partial charge in [0.05, 0.1) is 28.9 Å². The number of nitrogens with one attached hydrogen (secondary N) is 3. The van der Waals surface area contributed by atoms with Crippen molar-refractivity contribution in [2.75, 3.05) is 11.3 Å². The van der Waals surface area contributed by atoms with E-state index in [-0.39, 0.29) is 41.0 Å². The number of fused-ring (bicyclic) bond motifs is 4. The molecule has 4 heterocycles. The lowest BCUT2D eigenvalue weighted by atomic mass is 9.94. The lowest BCUT2D eigenvalue weighted by molar-refractivity contribution is 0.0941. The number of nitrogens with zero attached hydrogens (tertiary/aromatic N) is 6. The Balaban J connectivity index is 1.29. The maximum atomic E-state index is 14.8. The number of anilines is 1. The SMILES string of the molecule is CCNS(=O)(=O)Nc1nn2cccnc2c1C(=O)N[C@H](C)c1c2c3c(ccc(C#Cc4cnn(C)c4)c3c(=O)n1-c1ccccc1)[C@@H]1C[C@H]21. The second-order valence-electron chi connectivity index (χ2n) is 12.2. The summed E-state index contributed by atoms with van der Waals surface area (Å²) < 4.78 is 34.8. The van der Waals surface area contributed by atoms with Crippen molar-refractivity contribution in [2.24, 2.45) is 7.05 Å². The van der Waals surface area contributed by atoms with Crippen LogP contribution in [0.1, 0.15) is 76.5 Å². The third-order valence-corrected chi connectivity index (χ3v) is 10.1. The Kier molecular flexibility index (Phi) is 7.13. The topological polar surface area (TPSA) is 157 Å². The Labute approximate surface area is 281 Å². The third kappa shape index (κ3) is 5.14. The summed E-state index contributed by atoms with van der Waals surface area (Å²) in [5, 5.41) is 13.0. The van der Waals surface area contributed by atoms with E-state index in [4.69, 9.17) is 0 Å². The average molecular weight is 674 g/mol. The molecular weight excluding hydrogens is 643 g/mol. The first-order valence-corrected chi connectivity index (χ1v) is 17.4. The Morgan fingerprint density at radius 1 is 1.08 bits per heavy atom. The summed E-state index contributed by atoms with van der Waals surface area (Å²) >= 11 is 0. The van der Waals surface area contributed by atoms with E-state index in [9.17, 15) is 18.0 Å². The zero-order chi connectivity index (χ0) is 34.0. The van der Waals surface area contributed by atoms with Gasteiger partial charge in [0.1, 0.15) is 5.56 Å². The van der Waals surface area contributed by atoms with Crippen molar-refractivity contribution in [1.82, 2.24) is 39.0 Å². The summed E-state index contributed by atoms with van der Waals surface area (Å²) in [4.78, 5) is 33.3. The number of pyridine rings is 1. The van der Waals surface area contributed by atoms with E-state index in [1.807, 2.05) is 56.6 Å². The normalized spacial score (nSPS) is 16.6. The van der Waals surface area contributed by atoms with Crippen LogP contribution in [0.3, 0.4) is 0 Å². The highest BCUT2D eigenvalue weighted by atomic mass is 32.2. The van der Waals surface area contributed by atoms with Gasteiger partial charge in [0.25, 0.3) is 21.7 Å². The van der Waals surface area contributed by atoms with Crippen molar-refractivity contribution in [1.29, 1.82) is 0 Å². The minimum absolute atomic E-state index is 0.0438. The molecule has 0 unspecified atom stereocenters. The van der Waals surface area contributed by atoms with Crippen LogP contribution < -0.4 is 20.3 Å². The van der Waals surface area contributed by atoms with Crippen LogP contribution in [-0.4, -0.2) is 49.8 Å². The summed E-state index contributed by atoms with van der Waals surface area (Å²) in [5.41, 5.74) is 4.70. The van der Waals surface area contributed by atoms with Crippen molar-refractivity contribution in [3.63, 3.8) is 0 Å². The lowest BCUT2D eigenvalue weighted by Crippen LogP contribution is -2.34. The molecule has 8 rings (SSSR count). The van der Waals surface area contributed by atoms with Gasteiger partial charge in [0, 0.05) is 43.4 Å². The van der Waals surface area contributed by atoms with Gasteiger partial charge in [0.2, 0.25) is 0 Å². The number of para-hydroxylation sites is 1. The number of aromatic nitrogens is 6. The lowest BCUT2D eigenvalue weighted by Gasteiger charge is -2.25. The first-order chi connectivity index (χ1) is 23.6. The molecular formula is C35H31N9O4S. The van der Waals surface area contributed by atoms with E-state index in [0.717, 1.165) is 28.5 Å². The van der Waals surface area contributed by atoms with Crippen LogP contribution in [-0.2, 0) is 17.3 Å². The molecule has 0 aliphatic heterocycles. The van der Waals surface area contributed by atoms with Gasteiger partial charge < -0.3 is 5.32 Å². The molecule has 3 atom stereocenters. The standard InChI is InChI=1S/C35H31N9O4S/c1-4-38-49(47,48)41-32-30(33-36-15-8-16-43(33)40-32)34(45)39-20(2)31-29-26-17-25(26)24-14-13-22(12-11-21-18-37-42(3)19-21)27(28(24)29)35(46)44(31)23-9-6-5-7-10-23/h5-10,13-16,18-20,25-26,38H,4,17H2,1-3H3,(H,39,45)(H,40,41)/t20-,25+,26+/m1/s1. The van der Waals surface area contributed by atoms with Crippen molar-refractivity contribution in [2.45, 2.75) is 38.1 Å². The zero-order valence-corrected chi connectivity index (χ0v) is 27.6. The highest BCUT2D eigenvalue weighted by Gasteiger charge is 2.50. The molecule has 6 aromatic rings. The maximum absolute atomic E-state index is 14.8. The summed E-state index contributed by atoms with van der Waals surface area (Å²) in [5.74, 6) is 6.09. The zero-order valence-electron chi connectivity index (χ0n) is 26.8. The minimum Gasteiger partial charge on any atom is -0.344 e. The Morgan fingerprint density at radius 3 is 2.65 bits per heavy atom. The number of hydrogen-bond acceptors (Lipinski definition) is 7. The Hall–Kier alpha value is -5.78. The molecule has 0 radical (unpaired) electrons. The van der Waals surface area contributed by atoms with Crippen LogP contribution in [0.2, 0.25) is 0 Å². The van der Waals surface area contributed by atoms with Crippen LogP contribution >= 0.6 is 0 Å². The number of carbonyl (C=O) groups is 1. The highest BCUT2D eigenvalue weighted by molar-refractivity contribution is 7.90. The van der Waals surface area contributed by atoms with Crippen LogP contribution in [0, 0.1) is 11.8 Å². The Morgan fingerprint density at radius 2 is 1.90 bits per heavy atom. The largest absolute Gasteiger partial charge is 0.344 e. The second-order valence-corrected chi connectivity index (χ2v) is 13.7. The molecule has 2 aliphatic rings. The van der Waals surface area contributed by atoms with Gasteiger partial charge >= 0.3 is 0 Å². The summed E-state index contributed by atoms with van der Waals surface area (Å²) in [6.45, 7) is 3.62. The maximum Gasteiger partial charge on any atom is 0.300 e. The molecule has 0 bridgehead atoms. The van der Waals surface area contributed by atoms with Gasteiger partial charge in [-0.3, -0.25) is 23.6 Å². The monoisotopic (exact) mass is 673 g/mol. The van der Waals surface area contributed by atoms with Crippen molar-refractivity contribution in [3.8, 4) is 17.5 Å². The van der Waals surface area contributed by atoms with E-state index < -0.39 is 22.2 Å². The number of aryl methyl sites for hydroxylation is 1. The fraction of sp³-hybridized carbons (Fsp3) is 0.229. The first-order valence-electron chi connectivity index (χ1n) is 15.9. The van der Waals surface area contributed by atoms with E-state index in [1.54, 1.807) is 34.6 Å². The molecule has 14 heteroatoms. The van der Waals surface area contributed by atoms with Crippen molar-refractivity contribution >= 4 is 38.4 Å². The van der Waals surface area contributed by atoms with Gasteiger partial charge in [-0.2, -0.15) is 18.2 Å². The fourth-order valence-electron chi connectivity index (χ4n) is 6.99. The predicted molar refractivity (Wildman–Crippen MR) is 184 cm³/mol. The van der Waals surface area contributed by atoms with E-state index in [0.29, 0.717) is 22.3 Å². The van der Waals surface area contributed by atoms with Crippen molar-refractivity contribution < 1.29 is 13.2 Å². The molecule has 49 heavy (non-hydrogen) atoms. The summed E-state index contributed by atoms with van der Waals surface area (Å²) in [6.07, 6.45) is 7.53. The summed E-state index contributed by atoms with van der Waals surface area (Å²) in [7, 11) is -2.19. The molecule has 0 spiro atoms. The number of hydrogen-bond donors (Lipinski definition) is 3. The van der Waals surface area contributed by atoms with Crippen LogP contribution in [0.4, 0.5) is 5.82 Å². The van der Waals surface area contributed by atoms with Gasteiger partial charge in [-0.15, -0.1) is 5.10 Å². The van der Waals surface area contributed by atoms with E-state index >= 15 is 0 Å². The number of rotatable bonds is 8. The average Bonchev–Trinajstić information content (AvgIpc) is 3.44. The highest BCUT2D eigenvalue weighted by Crippen LogP contribution is 2.64. The molecule has 3 N–H and O–H groups in total. The van der Waals surface area contributed by atoms with Gasteiger partial charge in [-0.25, -0.2) is 9.50 Å². The summed E-state index contributed by atoms with van der Waals surface area (Å²) in [6, 6.07) is 14.3. The van der Waals surface area contributed by atoms with Crippen LogP contribution in [0.5, 0.6) is 0 Å². The molecule has 4 aromatic heterocycles. The van der Waals surface area contributed by atoms with E-state index in [2.05, 4.69) is 47.8 Å². The van der Waals surface area contributed by atoms with E-state index in [1.165, 1.54) is 10.7 Å². The quantitative estimate of drug-likeness (QED) is 0.209. The van der Waals surface area contributed by atoms with Crippen LogP contribution in [0.15, 0.2) is 78.1 Å². The van der Waals surface area contributed by atoms with Crippen molar-refractivity contribution in [3.05, 3.63) is 117 Å². The minimum atomic E-state index is -4.02. The molecule has 2 aromatic carbocycles. The van der Waals surface area contributed by atoms with Gasteiger partial charge in [-0.05, 0) is 66.0 Å². The number of carbonyl (C=O) groups excluding carboxylic acids is 1. The fourth-order valence-corrected chi connectivity index (χ4v) is 7.84. The predicted octanol–water partition coefficient (Wildman–Crippen LogP) is 3.51. The van der Waals surface area contributed by atoms with Gasteiger partial charge in [-0.1, -0.05) is 43.0 Å². The molecule has 246 valence electrons. The third-order valence-electron chi connectivity index (χ3n) is 9.01. The molecule has 13 nitrogen and oxygen atoms in total. The molecule has 0 saturated heterocycles. The Bertz CT molecular complexity index is 2560. The van der Waals surface area contributed by atoms with Gasteiger partial charge in [0.15, 0.2) is 11.5 Å². The molecule has 2 aliphatic carbocycles. The second kappa shape index (κ2) is 11.4. The smallest absolute Gasteiger partial charge is 0.300 e. The number of benzene rings is 2.